The molecule has 0 amide bonds. The Labute approximate surface area is 79.2 Å². The second-order valence-electron chi connectivity index (χ2n) is 3.40. The van der Waals surface area contributed by atoms with E-state index < -0.39 is 0 Å². The summed E-state index contributed by atoms with van der Waals surface area (Å²) in [5.41, 5.74) is 0. The molecule has 2 unspecified atom stereocenters. The molecule has 0 radical (unpaired) electrons. The van der Waals surface area contributed by atoms with E-state index in [-0.39, 0.29) is 0 Å². The zero-order valence-electron chi connectivity index (χ0n) is 8.13. The van der Waals surface area contributed by atoms with Gasteiger partial charge in [0.15, 0.2) is 5.17 Å². The smallest absolute Gasteiger partial charge is 0.157 e. The fourth-order valence-electron chi connectivity index (χ4n) is 1.34. The molecule has 0 spiro atoms. The summed E-state index contributed by atoms with van der Waals surface area (Å²) in [7, 11) is 0. The molecular formula is C9H18N2S. The van der Waals surface area contributed by atoms with E-state index in [0.29, 0.717) is 6.04 Å². The van der Waals surface area contributed by atoms with Crippen molar-refractivity contribution < 1.29 is 0 Å². The second-order valence-corrected chi connectivity index (χ2v) is 4.82. The quantitative estimate of drug-likeness (QED) is 0.715. The topological polar surface area (TPSA) is 24.4 Å². The van der Waals surface area contributed by atoms with Crippen LogP contribution in [0.5, 0.6) is 0 Å². The molecule has 1 rings (SSSR count). The monoisotopic (exact) mass is 186 g/mol. The van der Waals surface area contributed by atoms with Crippen molar-refractivity contribution in [3.8, 4) is 0 Å². The van der Waals surface area contributed by atoms with Gasteiger partial charge in [0.2, 0.25) is 0 Å². The average Bonchev–Trinajstić information content (AvgIpc) is 1.99. The van der Waals surface area contributed by atoms with Crippen LogP contribution in [0.4, 0.5) is 0 Å². The number of hydrogen-bond donors (Lipinski definition) is 1. The van der Waals surface area contributed by atoms with Crippen molar-refractivity contribution >= 4 is 16.9 Å². The van der Waals surface area contributed by atoms with Crippen molar-refractivity contribution in [2.75, 3.05) is 6.54 Å². The highest BCUT2D eigenvalue weighted by Gasteiger charge is 2.18. The molecule has 0 aromatic heterocycles. The van der Waals surface area contributed by atoms with Crippen molar-refractivity contribution in [3.05, 3.63) is 0 Å². The van der Waals surface area contributed by atoms with Gasteiger partial charge in [-0.1, -0.05) is 25.6 Å². The first-order chi connectivity index (χ1) is 5.72. The van der Waals surface area contributed by atoms with Crippen LogP contribution in [0.3, 0.4) is 0 Å². The highest BCUT2D eigenvalue weighted by Crippen LogP contribution is 2.21. The Hall–Kier alpha value is -0.180. The van der Waals surface area contributed by atoms with Gasteiger partial charge in [-0.2, -0.15) is 0 Å². The fraction of sp³-hybridized carbons (Fsp3) is 0.889. The summed E-state index contributed by atoms with van der Waals surface area (Å²) in [5.74, 6) is 0. The number of rotatable bonds is 2. The van der Waals surface area contributed by atoms with Gasteiger partial charge in [-0.15, -0.1) is 0 Å². The summed E-state index contributed by atoms with van der Waals surface area (Å²) in [5, 5.41) is 5.26. The first-order valence-corrected chi connectivity index (χ1v) is 5.58. The van der Waals surface area contributed by atoms with Gasteiger partial charge < -0.3 is 5.32 Å². The van der Waals surface area contributed by atoms with E-state index in [1.165, 1.54) is 6.42 Å². The third-order valence-corrected chi connectivity index (χ3v) is 2.91. The molecule has 1 fully saturated rings. The van der Waals surface area contributed by atoms with Crippen molar-refractivity contribution in [1.29, 1.82) is 0 Å². The molecule has 1 saturated heterocycles. The Morgan fingerprint density at radius 3 is 2.92 bits per heavy atom. The molecule has 3 heteroatoms. The Balaban J connectivity index is 2.43. The molecule has 70 valence electrons. The first-order valence-electron chi connectivity index (χ1n) is 4.70. The third kappa shape index (κ3) is 3.05. The number of aliphatic imine (C=N–C) groups is 1. The number of nitrogens with one attached hydrogen (secondary N) is 1. The molecule has 12 heavy (non-hydrogen) atoms. The molecular weight excluding hydrogens is 168 g/mol. The van der Waals surface area contributed by atoms with Crippen LogP contribution in [0.25, 0.3) is 0 Å². The highest BCUT2D eigenvalue weighted by molar-refractivity contribution is 8.14. The summed E-state index contributed by atoms with van der Waals surface area (Å²) < 4.78 is 0. The van der Waals surface area contributed by atoms with Crippen molar-refractivity contribution in [2.45, 2.75) is 44.9 Å². The average molecular weight is 186 g/mol. The maximum atomic E-state index is 4.47. The maximum absolute atomic E-state index is 4.47. The standard InChI is InChI=1S/C9H18N2S/c1-4-5-10-9-11-7(2)6-8(3)12-9/h7-8H,4-6H2,1-3H3,(H,10,11). The summed E-state index contributed by atoms with van der Waals surface area (Å²) >= 11 is 1.87. The summed E-state index contributed by atoms with van der Waals surface area (Å²) in [6.45, 7) is 7.60. The molecule has 0 aromatic carbocycles. The minimum absolute atomic E-state index is 0.594. The first kappa shape index (κ1) is 9.90. The van der Waals surface area contributed by atoms with Crippen molar-refractivity contribution in [1.82, 2.24) is 5.32 Å². The molecule has 1 aliphatic rings. The predicted molar refractivity (Wildman–Crippen MR) is 56.9 cm³/mol. The summed E-state index contributed by atoms with van der Waals surface area (Å²) in [4.78, 5) is 4.47. The zero-order valence-corrected chi connectivity index (χ0v) is 8.95. The zero-order chi connectivity index (χ0) is 8.97. The largest absolute Gasteiger partial charge is 0.362 e. The van der Waals surface area contributed by atoms with Crippen LogP contribution in [0, 0.1) is 0 Å². The summed E-state index contributed by atoms with van der Waals surface area (Å²) in [6, 6.07) is 0.594. The van der Waals surface area contributed by atoms with Gasteiger partial charge in [0.1, 0.15) is 0 Å². The SMILES string of the molecule is CCCN=C1NC(C)CC(C)S1. The van der Waals surface area contributed by atoms with Crippen LogP contribution in [0.1, 0.15) is 33.6 Å². The van der Waals surface area contributed by atoms with Crippen LogP contribution in [0.2, 0.25) is 0 Å². The molecule has 0 aliphatic carbocycles. The second kappa shape index (κ2) is 4.75. The lowest BCUT2D eigenvalue weighted by Crippen LogP contribution is -2.38. The fourth-order valence-corrected chi connectivity index (χ4v) is 2.54. The molecule has 1 heterocycles. The molecule has 2 nitrogen and oxygen atoms in total. The van der Waals surface area contributed by atoms with Crippen LogP contribution >= 0.6 is 11.8 Å². The molecule has 1 aliphatic heterocycles. The van der Waals surface area contributed by atoms with Gasteiger partial charge in [0, 0.05) is 17.8 Å². The molecule has 0 aromatic rings. The lowest BCUT2D eigenvalue weighted by Gasteiger charge is -2.26. The number of nitrogens with zero attached hydrogens (tertiary/aromatic N) is 1. The van der Waals surface area contributed by atoms with Crippen LogP contribution in [-0.4, -0.2) is 23.0 Å². The highest BCUT2D eigenvalue weighted by atomic mass is 32.2. The van der Waals surface area contributed by atoms with Gasteiger partial charge in [-0.05, 0) is 19.8 Å². The van der Waals surface area contributed by atoms with Gasteiger partial charge in [0.25, 0.3) is 0 Å². The van der Waals surface area contributed by atoms with E-state index in [1.807, 2.05) is 11.8 Å². The third-order valence-electron chi connectivity index (χ3n) is 1.85. The van der Waals surface area contributed by atoms with Gasteiger partial charge in [0.05, 0.1) is 0 Å². The number of thioether (sulfide) groups is 1. The molecule has 0 bridgehead atoms. The van der Waals surface area contributed by atoms with Crippen molar-refractivity contribution in [2.24, 2.45) is 4.99 Å². The Morgan fingerprint density at radius 1 is 1.58 bits per heavy atom. The minimum atomic E-state index is 0.594. The van der Waals surface area contributed by atoms with Crippen LogP contribution in [0.15, 0.2) is 4.99 Å². The van der Waals surface area contributed by atoms with Crippen LogP contribution in [-0.2, 0) is 0 Å². The van der Waals surface area contributed by atoms with Gasteiger partial charge in [-0.25, -0.2) is 0 Å². The Bertz CT molecular complexity index is 156. The molecule has 2 atom stereocenters. The Morgan fingerprint density at radius 2 is 2.33 bits per heavy atom. The van der Waals surface area contributed by atoms with E-state index in [2.05, 4.69) is 31.1 Å². The van der Waals surface area contributed by atoms with Crippen molar-refractivity contribution in [3.63, 3.8) is 0 Å². The predicted octanol–water partition coefficient (Wildman–Crippen LogP) is 2.26. The van der Waals surface area contributed by atoms with E-state index in [9.17, 15) is 0 Å². The van der Waals surface area contributed by atoms with Crippen LogP contribution < -0.4 is 5.32 Å². The minimum Gasteiger partial charge on any atom is -0.362 e. The number of amidine groups is 1. The van der Waals surface area contributed by atoms with E-state index in [1.54, 1.807) is 0 Å². The lowest BCUT2D eigenvalue weighted by atomic mass is 10.2. The lowest BCUT2D eigenvalue weighted by molar-refractivity contribution is 0.597. The summed E-state index contributed by atoms with van der Waals surface area (Å²) in [6.07, 6.45) is 2.38. The molecule has 0 saturated carbocycles. The normalized spacial score (nSPS) is 33.4. The molecule has 1 N–H and O–H groups in total. The maximum Gasteiger partial charge on any atom is 0.157 e. The van der Waals surface area contributed by atoms with E-state index in [4.69, 9.17) is 0 Å². The number of hydrogen-bond acceptors (Lipinski definition) is 2. The van der Waals surface area contributed by atoms with E-state index in [0.717, 1.165) is 23.4 Å². The Kier molecular flexibility index (Phi) is 3.92. The van der Waals surface area contributed by atoms with Gasteiger partial charge in [-0.3, -0.25) is 4.99 Å². The van der Waals surface area contributed by atoms with Gasteiger partial charge >= 0.3 is 0 Å². The van der Waals surface area contributed by atoms with E-state index >= 15 is 0 Å².